The molecule has 0 saturated carbocycles. The fourth-order valence-corrected chi connectivity index (χ4v) is 3.29. The standard InChI is InChI=1S/C21H24N2O4/c1-14-11-15(2)13-18(12-14)27-10-9-23-19(24)21(3,22-20(23)25)16-5-7-17(26-4)8-6-16/h5-8,11-13H,9-10H2,1-4H3,(H,22,25)/t21-/m1/s1. The van der Waals surface area contributed by atoms with Crippen LogP contribution in [0.15, 0.2) is 42.5 Å². The molecule has 1 atom stereocenters. The Morgan fingerprint density at radius 3 is 2.22 bits per heavy atom. The molecule has 0 bridgehead atoms. The third-order valence-electron chi connectivity index (χ3n) is 4.72. The lowest BCUT2D eigenvalue weighted by Gasteiger charge is -2.22. The summed E-state index contributed by atoms with van der Waals surface area (Å²) in [6, 6.07) is 12.6. The molecule has 3 rings (SSSR count). The Morgan fingerprint density at radius 1 is 1.00 bits per heavy atom. The van der Waals surface area contributed by atoms with E-state index in [0.29, 0.717) is 11.3 Å². The van der Waals surface area contributed by atoms with Gasteiger partial charge in [0.25, 0.3) is 5.91 Å². The van der Waals surface area contributed by atoms with Crippen molar-refractivity contribution in [3.63, 3.8) is 0 Å². The van der Waals surface area contributed by atoms with Crippen LogP contribution in [0.1, 0.15) is 23.6 Å². The van der Waals surface area contributed by atoms with Gasteiger partial charge in [-0.25, -0.2) is 4.79 Å². The molecule has 3 amide bonds. The Hall–Kier alpha value is -3.02. The molecule has 142 valence electrons. The smallest absolute Gasteiger partial charge is 0.325 e. The molecule has 0 unspecified atom stereocenters. The molecule has 0 aromatic heterocycles. The van der Waals surface area contributed by atoms with E-state index in [0.717, 1.165) is 16.9 Å². The SMILES string of the molecule is COc1ccc([C@@]2(C)NC(=O)N(CCOc3cc(C)cc(C)c3)C2=O)cc1. The van der Waals surface area contributed by atoms with Crippen molar-refractivity contribution in [3.05, 3.63) is 59.2 Å². The van der Waals surface area contributed by atoms with Gasteiger partial charge in [0.05, 0.1) is 13.7 Å². The van der Waals surface area contributed by atoms with Gasteiger partial charge in [0, 0.05) is 0 Å². The number of amides is 3. The lowest BCUT2D eigenvalue weighted by molar-refractivity contribution is -0.131. The number of nitrogens with one attached hydrogen (secondary N) is 1. The van der Waals surface area contributed by atoms with Gasteiger partial charge in [0.2, 0.25) is 0 Å². The number of hydrogen-bond donors (Lipinski definition) is 1. The highest BCUT2D eigenvalue weighted by atomic mass is 16.5. The fourth-order valence-electron chi connectivity index (χ4n) is 3.29. The number of carbonyl (C=O) groups excluding carboxylic acids is 2. The van der Waals surface area contributed by atoms with Gasteiger partial charge in [-0.1, -0.05) is 18.2 Å². The molecule has 0 aliphatic carbocycles. The second kappa shape index (κ2) is 7.31. The van der Waals surface area contributed by atoms with Gasteiger partial charge in [-0.15, -0.1) is 0 Å². The summed E-state index contributed by atoms with van der Waals surface area (Å²) in [6.45, 7) is 6.12. The van der Waals surface area contributed by atoms with Crippen molar-refractivity contribution >= 4 is 11.9 Å². The number of rotatable bonds is 6. The molecule has 1 heterocycles. The number of aryl methyl sites for hydroxylation is 2. The van der Waals surface area contributed by atoms with E-state index >= 15 is 0 Å². The maximum atomic E-state index is 12.9. The zero-order chi connectivity index (χ0) is 19.6. The van der Waals surface area contributed by atoms with Crippen molar-refractivity contribution in [2.45, 2.75) is 26.3 Å². The van der Waals surface area contributed by atoms with Gasteiger partial charge < -0.3 is 14.8 Å². The number of hydrogen-bond acceptors (Lipinski definition) is 4. The summed E-state index contributed by atoms with van der Waals surface area (Å²) in [5.41, 5.74) is 1.82. The number of nitrogens with zero attached hydrogens (tertiary/aromatic N) is 1. The predicted octanol–water partition coefficient (Wildman–Crippen LogP) is 3.16. The Balaban J connectivity index is 1.68. The highest BCUT2D eigenvalue weighted by Gasteiger charge is 2.48. The van der Waals surface area contributed by atoms with Crippen LogP contribution in [0.25, 0.3) is 0 Å². The van der Waals surface area contributed by atoms with Gasteiger partial charge in [-0.05, 0) is 61.7 Å². The summed E-state index contributed by atoms with van der Waals surface area (Å²) in [5.74, 6) is 1.14. The van der Waals surface area contributed by atoms with Crippen LogP contribution in [0.5, 0.6) is 11.5 Å². The van der Waals surface area contributed by atoms with Crippen LogP contribution in [-0.4, -0.2) is 37.1 Å². The summed E-state index contributed by atoms with van der Waals surface area (Å²) in [5, 5.41) is 2.79. The second-order valence-electron chi connectivity index (χ2n) is 6.91. The number of benzene rings is 2. The van der Waals surface area contributed by atoms with Crippen LogP contribution in [-0.2, 0) is 10.3 Å². The minimum absolute atomic E-state index is 0.184. The number of ether oxygens (including phenoxy) is 2. The first kappa shape index (κ1) is 18.8. The van der Waals surface area contributed by atoms with Crippen molar-refractivity contribution in [1.82, 2.24) is 10.2 Å². The largest absolute Gasteiger partial charge is 0.497 e. The van der Waals surface area contributed by atoms with Crippen LogP contribution in [0, 0.1) is 13.8 Å². The van der Waals surface area contributed by atoms with E-state index in [1.165, 1.54) is 4.90 Å². The van der Waals surface area contributed by atoms with E-state index in [1.54, 1.807) is 38.3 Å². The lowest BCUT2D eigenvalue weighted by atomic mass is 9.92. The average Bonchev–Trinajstić information content (AvgIpc) is 2.85. The molecule has 6 heteroatoms. The second-order valence-corrected chi connectivity index (χ2v) is 6.91. The van der Waals surface area contributed by atoms with Crippen molar-refractivity contribution in [2.75, 3.05) is 20.3 Å². The monoisotopic (exact) mass is 368 g/mol. The molecular formula is C21H24N2O4. The Labute approximate surface area is 159 Å². The van der Waals surface area contributed by atoms with E-state index < -0.39 is 11.6 Å². The first-order valence-corrected chi connectivity index (χ1v) is 8.83. The molecule has 2 aromatic carbocycles. The maximum absolute atomic E-state index is 12.9. The Kier molecular flexibility index (Phi) is 5.08. The molecule has 1 N–H and O–H groups in total. The van der Waals surface area contributed by atoms with Crippen molar-refractivity contribution in [3.8, 4) is 11.5 Å². The summed E-state index contributed by atoms with van der Waals surface area (Å²) >= 11 is 0. The molecule has 0 spiro atoms. The average molecular weight is 368 g/mol. The molecule has 0 radical (unpaired) electrons. The molecule has 6 nitrogen and oxygen atoms in total. The molecule has 27 heavy (non-hydrogen) atoms. The topological polar surface area (TPSA) is 67.9 Å². The van der Waals surface area contributed by atoms with E-state index in [1.807, 2.05) is 26.0 Å². The lowest BCUT2D eigenvalue weighted by Crippen LogP contribution is -2.41. The van der Waals surface area contributed by atoms with Gasteiger partial charge in [0.1, 0.15) is 23.6 Å². The summed E-state index contributed by atoms with van der Waals surface area (Å²) in [4.78, 5) is 26.5. The molecule has 1 saturated heterocycles. The van der Waals surface area contributed by atoms with Gasteiger partial charge >= 0.3 is 6.03 Å². The molecule has 1 fully saturated rings. The quantitative estimate of drug-likeness (QED) is 0.796. The van der Waals surface area contributed by atoms with Gasteiger partial charge in [0.15, 0.2) is 0 Å². The van der Waals surface area contributed by atoms with Crippen LogP contribution in [0.2, 0.25) is 0 Å². The van der Waals surface area contributed by atoms with Crippen LogP contribution in [0.3, 0.4) is 0 Å². The highest BCUT2D eigenvalue weighted by Crippen LogP contribution is 2.30. The highest BCUT2D eigenvalue weighted by molar-refractivity contribution is 6.07. The van der Waals surface area contributed by atoms with Crippen molar-refractivity contribution in [1.29, 1.82) is 0 Å². The molecule has 2 aromatic rings. The van der Waals surface area contributed by atoms with E-state index in [9.17, 15) is 9.59 Å². The summed E-state index contributed by atoms with van der Waals surface area (Å²) in [6.07, 6.45) is 0. The van der Waals surface area contributed by atoms with E-state index in [2.05, 4.69) is 11.4 Å². The zero-order valence-electron chi connectivity index (χ0n) is 16.0. The number of urea groups is 1. The van der Waals surface area contributed by atoms with Crippen molar-refractivity contribution < 1.29 is 19.1 Å². The Morgan fingerprint density at radius 2 is 1.63 bits per heavy atom. The maximum Gasteiger partial charge on any atom is 0.325 e. The number of carbonyl (C=O) groups is 2. The third kappa shape index (κ3) is 3.74. The Bertz CT molecular complexity index is 843. The van der Waals surface area contributed by atoms with E-state index in [4.69, 9.17) is 9.47 Å². The number of methoxy groups -OCH3 is 1. The first-order valence-electron chi connectivity index (χ1n) is 8.83. The molecule has 1 aliphatic rings. The molecular weight excluding hydrogens is 344 g/mol. The normalized spacial score (nSPS) is 19.2. The first-order chi connectivity index (χ1) is 12.8. The van der Waals surface area contributed by atoms with Crippen molar-refractivity contribution in [2.24, 2.45) is 0 Å². The predicted molar refractivity (Wildman–Crippen MR) is 102 cm³/mol. The van der Waals surface area contributed by atoms with Crippen LogP contribution >= 0.6 is 0 Å². The fraction of sp³-hybridized carbons (Fsp3) is 0.333. The minimum Gasteiger partial charge on any atom is -0.497 e. The van der Waals surface area contributed by atoms with E-state index in [-0.39, 0.29) is 19.1 Å². The third-order valence-corrected chi connectivity index (χ3v) is 4.72. The summed E-state index contributed by atoms with van der Waals surface area (Å²) < 4.78 is 10.9. The molecule has 1 aliphatic heterocycles. The van der Waals surface area contributed by atoms with Gasteiger partial charge in [-0.2, -0.15) is 0 Å². The van der Waals surface area contributed by atoms with Crippen LogP contribution < -0.4 is 14.8 Å². The van der Waals surface area contributed by atoms with Gasteiger partial charge in [-0.3, -0.25) is 9.69 Å². The van der Waals surface area contributed by atoms with Crippen LogP contribution in [0.4, 0.5) is 4.79 Å². The minimum atomic E-state index is -1.09. The summed E-state index contributed by atoms with van der Waals surface area (Å²) in [7, 11) is 1.58. The zero-order valence-corrected chi connectivity index (χ0v) is 16.0. The number of imide groups is 1.